The van der Waals surface area contributed by atoms with E-state index in [0.717, 1.165) is 12.0 Å². The molecule has 0 atom stereocenters. The first-order valence-electron chi connectivity index (χ1n) is 3.08. The fourth-order valence-corrected chi connectivity index (χ4v) is 0.925. The Balaban J connectivity index is 2.69. The van der Waals surface area contributed by atoms with Crippen LogP contribution in [0.1, 0.15) is 6.42 Å². The molecule has 0 spiro atoms. The molecule has 0 amide bonds. The molecule has 0 unspecified atom stereocenters. The highest BCUT2D eigenvalue weighted by Crippen LogP contribution is 2.11. The highest BCUT2D eigenvalue weighted by Gasteiger charge is 2.02. The van der Waals surface area contributed by atoms with Gasteiger partial charge < -0.3 is 5.32 Å². The van der Waals surface area contributed by atoms with Gasteiger partial charge in [0.05, 0.1) is 0 Å². The van der Waals surface area contributed by atoms with Crippen molar-refractivity contribution < 1.29 is 0 Å². The zero-order valence-corrected chi connectivity index (χ0v) is 6.36. The van der Waals surface area contributed by atoms with Crippen molar-refractivity contribution >= 4 is 17.8 Å². The van der Waals surface area contributed by atoms with Crippen LogP contribution in [0, 0.1) is 0 Å². The fourth-order valence-electron chi connectivity index (χ4n) is 0.739. The van der Waals surface area contributed by atoms with Gasteiger partial charge in [-0.2, -0.15) is 0 Å². The zero-order chi connectivity index (χ0) is 7.40. The van der Waals surface area contributed by atoms with Gasteiger partial charge in [-0.05, 0) is 6.42 Å². The molecule has 54 valence electrons. The van der Waals surface area contributed by atoms with Gasteiger partial charge in [-0.15, -0.1) is 6.58 Å². The Morgan fingerprint density at radius 2 is 2.70 bits per heavy atom. The van der Waals surface area contributed by atoms with Crippen molar-refractivity contribution in [1.29, 1.82) is 0 Å². The summed E-state index contributed by atoms with van der Waals surface area (Å²) in [5, 5.41) is 3.61. The van der Waals surface area contributed by atoms with Crippen LogP contribution in [0.5, 0.6) is 0 Å². The summed E-state index contributed by atoms with van der Waals surface area (Å²) in [6, 6.07) is 0. The second-order valence-electron chi connectivity index (χ2n) is 1.98. The summed E-state index contributed by atoms with van der Waals surface area (Å²) in [6.45, 7) is 4.19. The molecule has 1 N–H and O–H groups in total. The van der Waals surface area contributed by atoms with Gasteiger partial charge in [0.1, 0.15) is 11.8 Å². The number of nitrogens with zero attached hydrogens (tertiary/aromatic N) is 1. The molecule has 1 heterocycles. The molecule has 3 heteroatoms. The van der Waals surface area contributed by atoms with Crippen LogP contribution in [-0.4, -0.2) is 12.9 Å². The average molecular weight is 157 g/mol. The Kier molecular flexibility index (Phi) is 2.51. The summed E-state index contributed by atoms with van der Waals surface area (Å²) in [5.74, 6) is 0. The first-order valence-corrected chi connectivity index (χ1v) is 3.45. The maximum atomic E-state index is 5.79. The van der Waals surface area contributed by atoms with E-state index in [1.807, 2.05) is 0 Å². The molecule has 1 aliphatic heterocycles. The molecule has 0 saturated heterocycles. The molecule has 2 nitrogen and oxygen atoms in total. The van der Waals surface area contributed by atoms with Crippen LogP contribution in [0.4, 0.5) is 0 Å². The van der Waals surface area contributed by atoms with Crippen LogP contribution in [0.2, 0.25) is 0 Å². The Morgan fingerprint density at radius 3 is 3.30 bits per heavy atom. The first kappa shape index (κ1) is 7.35. The number of hydrogen-bond acceptors (Lipinski definition) is 2. The molecule has 1 rings (SSSR count). The van der Waals surface area contributed by atoms with E-state index in [1.165, 1.54) is 0 Å². The van der Waals surface area contributed by atoms with Crippen molar-refractivity contribution in [3.05, 3.63) is 23.4 Å². The standard InChI is InChI=1S/C7H9ClN2/c1-2-3-6-4-9-5-10-7(6)8/h2,4,10H,1,3,5H2. The third-order valence-electron chi connectivity index (χ3n) is 1.22. The lowest BCUT2D eigenvalue weighted by atomic mass is 10.2. The average Bonchev–Trinajstić information content (AvgIpc) is 1.94. The molecule has 0 saturated carbocycles. The Bertz CT molecular complexity index is 194. The largest absolute Gasteiger partial charge is 0.357 e. The third-order valence-corrected chi connectivity index (χ3v) is 1.60. The normalized spacial score (nSPS) is 16.9. The highest BCUT2D eigenvalue weighted by atomic mass is 35.5. The van der Waals surface area contributed by atoms with Crippen molar-refractivity contribution in [2.75, 3.05) is 6.67 Å². The van der Waals surface area contributed by atoms with Gasteiger partial charge in [-0.3, -0.25) is 4.99 Å². The number of allylic oxidation sites excluding steroid dienone is 2. The van der Waals surface area contributed by atoms with E-state index in [1.54, 1.807) is 12.3 Å². The predicted octanol–water partition coefficient (Wildman–Crippen LogP) is 1.64. The summed E-state index contributed by atoms with van der Waals surface area (Å²) in [6.07, 6.45) is 4.35. The molecule has 10 heavy (non-hydrogen) atoms. The molecule has 0 fully saturated rings. The second-order valence-corrected chi connectivity index (χ2v) is 2.36. The molecule has 0 radical (unpaired) electrons. The minimum absolute atomic E-state index is 0.583. The molecule has 0 aromatic carbocycles. The van der Waals surface area contributed by atoms with Crippen LogP contribution >= 0.6 is 11.6 Å². The monoisotopic (exact) mass is 156 g/mol. The van der Waals surface area contributed by atoms with Crippen LogP contribution in [0.15, 0.2) is 28.4 Å². The van der Waals surface area contributed by atoms with E-state index in [9.17, 15) is 0 Å². The molecular weight excluding hydrogens is 148 g/mol. The number of nitrogens with one attached hydrogen (secondary N) is 1. The maximum Gasteiger partial charge on any atom is 0.108 e. The molecule has 1 aliphatic rings. The predicted molar refractivity (Wildman–Crippen MR) is 44.2 cm³/mol. The van der Waals surface area contributed by atoms with Crippen LogP contribution < -0.4 is 5.32 Å². The van der Waals surface area contributed by atoms with Crippen molar-refractivity contribution in [2.24, 2.45) is 4.99 Å². The second kappa shape index (κ2) is 3.42. The molecule has 0 bridgehead atoms. The number of rotatable bonds is 2. The lowest BCUT2D eigenvalue weighted by Gasteiger charge is -2.09. The Hall–Kier alpha value is -0.760. The highest BCUT2D eigenvalue weighted by molar-refractivity contribution is 6.31. The van der Waals surface area contributed by atoms with Crippen LogP contribution in [0.3, 0.4) is 0 Å². The SMILES string of the molecule is C=CCC1=C(Cl)NCN=C1. The Morgan fingerprint density at radius 1 is 1.90 bits per heavy atom. The van der Waals surface area contributed by atoms with E-state index in [2.05, 4.69) is 16.9 Å². The minimum atomic E-state index is 0.583. The topological polar surface area (TPSA) is 24.4 Å². The maximum absolute atomic E-state index is 5.79. The lowest BCUT2D eigenvalue weighted by Crippen LogP contribution is -2.16. The van der Waals surface area contributed by atoms with Gasteiger partial charge >= 0.3 is 0 Å². The van der Waals surface area contributed by atoms with Gasteiger partial charge in [0.15, 0.2) is 0 Å². The van der Waals surface area contributed by atoms with Crippen molar-refractivity contribution in [1.82, 2.24) is 5.32 Å². The number of aliphatic imine (C=N–C) groups is 1. The number of hydrogen-bond donors (Lipinski definition) is 1. The summed E-state index contributed by atoms with van der Waals surface area (Å²) >= 11 is 5.79. The summed E-state index contributed by atoms with van der Waals surface area (Å²) < 4.78 is 0. The number of halogens is 1. The van der Waals surface area contributed by atoms with Crippen molar-refractivity contribution in [3.8, 4) is 0 Å². The zero-order valence-electron chi connectivity index (χ0n) is 5.60. The van der Waals surface area contributed by atoms with Crippen molar-refractivity contribution in [3.63, 3.8) is 0 Å². The van der Waals surface area contributed by atoms with E-state index in [0.29, 0.717) is 11.8 Å². The lowest BCUT2D eigenvalue weighted by molar-refractivity contribution is 0.847. The van der Waals surface area contributed by atoms with Gasteiger partial charge in [0.2, 0.25) is 0 Å². The van der Waals surface area contributed by atoms with Gasteiger partial charge in [-0.1, -0.05) is 17.7 Å². The molecular formula is C7H9ClN2. The van der Waals surface area contributed by atoms with Gasteiger partial charge in [0, 0.05) is 11.8 Å². The van der Waals surface area contributed by atoms with Gasteiger partial charge in [0.25, 0.3) is 0 Å². The van der Waals surface area contributed by atoms with Crippen molar-refractivity contribution in [2.45, 2.75) is 6.42 Å². The molecule has 0 aliphatic carbocycles. The fraction of sp³-hybridized carbons (Fsp3) is 0.286. The van der Waals surface area contributed by atoms with E-state index in [4.69, 9.17) is 11.6 Å². The minimum Gasteiger partial charge on any atom is -0.357 e. The van der Waals surface area contributed by atoms with E-state index >= 15 is 0 Å². The third kappa shape index (κ3) is 1.61. The summed E-state index contributed by atoms with van der Waals surface area (Å²) in [5.41, 5.74) is 1.00. The summed E-state index contributed by atoms with van der Waals surface area (Å²) in [7, 11) is 0. The Labute approximate surface area is 65.3 Å². The molecule has 0 aromatic rings. The quantitative estimate of drug-likeness (QED) is 0.477. The molecule has 0 aromatic heterocycles. The smallest absolute Gasteiger partial charge is 0.108 e. The van der Waals surface area contributed by atoms with E-state index < -0.39 is 0 Å². The van der Waals surface area contributed by atoms with Gasteiger partial charge in [-0.25, -0.2) is 0 Å². The summed E-state index contributed by atoms with van der Waals surface area (Å²) in [4.78, 5) is 4.00. The van der Waals surface area contributed by atoms with E-state index in [-0.39, 0.29) is 0 Å². The van der Waals surface area contributed by atoms with Crippen LogP contribution in [0.25, 0.3) is 0 Å². The van der Waals surface area contributed by atoms with Crippen LogP contribution in [-0.2, 0) is 0 Å². The first-order chi connectivity index (χ1) is 4.84.